The number of ketones is 1. The van der Waals surface area contributed by atoms with Crippen molar-refractivity contribution < 1.29 is 13.2 Å². The molecule has 0 aromatic heterocycles. The van der Waals surface area contributed by atoms with Crippen molar-refractivity contribution in [1.29, 1.82) is 0 Å². The summed E-state index contributed by atoms with van der Waals surface area (Å²) in [4.78, 5) is 11.3. The molecule has 0 spiro atoms. The van der Waals surface area contributed by atoms with Crippen molar-refractivity contribution in [3.05, 3.63) is 30.3 Å². The smallest absolute Gasteiger partial charge is 0.181 e. The maximum absolute atomic E-state index is 12.0. The molecular weight excluding hydrogens is 212 g/mol. The van der Waals surface area contributed by atoms with Gasteiger partial charge in [0.25, 0.3) is 0 Å². The van der Waals surface area contributed by atoms with Gasteiger partial charge in [-0.25, -0.2) is 8.42 Å². The highest BCUT2D eigenvalue weighted by atomic mass is 32.2. The number of hydrogen-bond acceptors (Lipinski definition) is 3. The Morgan fingerprint density at radius 1 is 1.27 bits per heavy atom. The molecule has 1 fully saturated rings. The summed E-state index contributed by atoms with van der Waals surface area (Å²) >= 11 is 0. The van der Waals surface area contributed by atoms with Gasteiger partial charge in [-0.1, -0.05) is 18.2 Å². The highest BCUT2D eigenvalue weighted by Gasteiger charge is 2.50. The molecule has 0 bridgehead atoms. The number of carbonyl (C=O) groups excluding carboxylic acids is 1. The number of sulfone groups is 1. The molecule has 1 saturated carbocycles. The second-order valence-electron chi connectivity index (χ2n) is 3.85. The summed E-state index contributed by atoms with van der Waals surface area (Å²) in [6.45, 7) is 1.45. The standard InChI is InChI=1S/C11H12O3S/c1-8(12)10-7-11(10)15(13,14)9-5-3-2-4-6-9/h2-6,10-11H,7H2,1H3. The topological polar surface area (TPSA) is 51.2 Å². The maximum atomic E-state index is 12.0. The molecule has 0 radical (unpaired) electrons. The molecular formula is C11H12O3S. The number of benzene rings is 1. The molecule has 4 heteroatoms. The first kappa shape index (κ1) is 10.4. The largest absolute Gasteiger partial charge is 0.300 e. The van der Waals surface area contributed by atoms with E-state index in [2.05, 4.69) is 0 Å². The minimum atomic E-state index is -3.28. The minimum Gasteiger partial charge on any atom is -0.300 e. The van der Waals surface area contributed by atoms with E-state index in [0.29, 0.717) is 11.3 Å². The van der Waals surface area contributed by atoms with Gasteiger partial charge in [-0.15, -0.1) is 0 Å². The van der Waals surface area contributed by atoms with Gasteiger partial charge in [0.15, 0.2) is 9.84 Å². The van der Waals surface area contributed by atoms with Gasteiger partial charge in [0.1, 0.15) is 5.78 Å². The zero-order valence-corrected chi connectivity index (χ0v) is 9.20. The van der Waals surface area contributed by atoms with Crippen molar-refractivity contribution in [2.24, 2.45) is 5.92 Å². The fourth-order valence-electron chi connectivity index (χ4n) is 1.73. The summed E-state index contributed by atoms with van der Waals surface area (Å²) < 4.78 is 23.9. The first-order chi connectivity index (χ1) is 7.03. The molecule has 3 nitrogen and oxygen atoms in total. The van der Waals surface area contributed by atoms with Crippen LogP contribution >= 0.6 is 0 Å². The first-order valence-electron chi connectivity index (χ1n) is 4.83. The van der Waals surface area contributed by atoms with E-state index in [1.165, 1.54) is 6.92 Å². The van der Waals surface area contributed by atoms with Crippen LogP contribution in [-0.2, 0) is 14.6 Å². The Hall–Kier alpha value is -1.16. The molecule has 80 valence electrons. The van der Waals surface area contributed by atoms with E-state index >= 15 is 0 Å². The van der Waals surface area contributed by atoms with E-state index in [1.54, 1.807) is 30.3 Å². The molecule has 1 aliphatic carbocycles. The SMILES string of the molecule is CC(=O)C1CC1S(=O)(=O)c1ccccc1. The van der Waals surface area contributed by atoms with Gasteiger partial charge in [-0.2, -0.15) is 0 Å². The van der Waals surface area contributed by atoms with Gasteiger partial charge >= 0.3 is 0 Å². The van der Waals surface area contributed by atoms with Crippen LogP contribution in [0.25, 0.3) is 0 Å². The molecule has 1 aromatic rings. The highest BCUT2D eigenvalue weighted by molar-refractivity contribution is 7.92. The quantitative estimate of drug-likeness (QED) is 0.780. The molecule has 2 rings (SSSR count). The summed E-state index contributed by atoms with van der Waals surface area (Å²) in [6.07, 6.45) is 0.479. The van der Waals surface area contributed by atoms with Crippen molar-refractivity contribution in [2.45, 2.75) is 23.5 Å². The van der Waals surface area contributed by atoms with Crippen molar-refractivity contribution in [2.75, 3.05) is 0 Å². The average molecular weight is 224 g/mol. The number of rotatable bonds is 3. The third-order valence-electron chi connectivity index (χ3n) is 2.72. The van der Waals surface area contributed by atoms with Gasteiger partial charge in [0.05, 0.1) is 10.1 Å². The monoisotopic (exact) mass is 224 g/mol. The van der Waals surface area contributed by atoms with E-state index < -0.39 is 15.1 Å². The third kappa shape index (κ3) is 1.81. The molecule has 2 atom stereocenters. The summed E-state index contributed by atoms with van der Waals surface area (Å²) in [5.41, 5.74) is 0. The Kier molecular flexibility index (Phi) is 2.38. The van der Waals surface area contributed by atoms with Gasteiger partial charge in [-0.3, -0.25) is 4.79 Å². The predicted molar refractivity (Wildman–Crippen MR) is 56.2 cm³/mol. The van der Waals surface area contributed by atoms with E-state index in [4.69, 9.17) is 0 Å². The molecule has 0 N–H and O–H groups in total. The summed E-state index contributed by atoms with van der Waals surface area (Å²) in [5, 5.41) is -0.489. The molecule has 0 heterocycles. The van der Waals surface area contributed by atoms with Crippen LogP contribution in [0.3, 0.4) is 0 Å². The molecule has 1 aromatic carbocycles. The van der Waals surface area contributed by atoms with Crippen molar-refractivity contribution in [3.63, 3.8) is 0 Å². The maximum Gasteiger partial charge on any atom is 0.181 e. The van der Waals surface area contributed by atoms with Gasteiger partial charge in [0, 0.05) is 5.92 Å². The predicted octanol–water partition coefficient (Wildman–Crippen LogP) is 1.44. The lowest BCUT2D eigenvalue weighted by molar-refractivity contribution is -0.118. The summed E-state index contributed by atoms with van der Waals surface area (Å²) in [5.74, 6) is -0.310. The van der Waals surface area contributed by atoms with Crippen LogP contribution in [-0.4, -0.2) is 19.5 Å². The van der Waals surface area contributed by atoms with E-state index in [0.717, 1.165) is 0 Å². The Morgan fingerprint density at radius 3 is 2.33 bits per heavy atom. The third-order valence-corrected chi connectivity index (χ3v) is 4.97. The van der Waals surface area contributed by atoms with E-state index in [9.17, 15) is 13.2 Å². The van der Waals surface area contributed by atoms with Crippen LogP contribution in [0.4, 0.5) is 0 Å². The zero-order chi connectivity index (χ0) is 11.1. The Bertz CT molecular complexity index is 476. The lowest BCUT2D eigenvalue weighted by Gasteiger charge is -2.01. The van der Waals surface area contributed by atoms with Crippen LogP contribution < -0.4 is 0 Å². The molecule has 0 saturated heterocycles. The van der Waals surface area contributed by atoms with Crippen LogP contribution in [0.5, 0.6) is 0 Å². The fraction of sp³-hybridized carbons (Fsp3) is 0.364. The normalized spacial score (nSPS) is 24.9. The summed E-state index contributed by atoms with van der Waals surface area (Å²) in [7, 11) is -3.28. The molecule has 15 heavy (non-hydrogen) atoms. The number of carbonyl (C=O) groups is 1. The Morgan fingerprint density at radius 2 is 1.87 bits per heavy atom. The van der Waals surface area contributed by atoms with E-state index in [-0.39, 0.29) is 11.7 Å². The van der Waals surface area contributed by atoms with Crippen LogP contribution in [0.1, 0.15) is 13.3 Å². The van der Waals surface area contributed by atoms with Gasteiger partial charge < -0.3 is 0 Å². The van der Waals surface area contributed by atoms with Crippen LogP contribution in [0.2, 0.25) is 0 Å². The zero-order valence-electron chi connectivity index (χ0n) is 8.38. The van der Waals surface area contributed by atoms with Gasteiger partial charge in [-0.05, 0) is 25.5 Å². The summed E-state index contributed by atoms with van der Waals surface area (Å²) in [6, 6.07) is 8.31. The van der Waals surface area contributed by atoms with Crippen LogP contribution in [0, 0.1) is 5.92 Å². The van der Waals surface area contributed by atoms with Crippen molar-refractivity contribution in [1.82, 2.24) is 0 Å². The second-order valence-corrected chi connectivity index (χ2v) is 6.02. The Balaban J connectivity index is 2.28. The minimum absolute atomic E-state index is 0.0282. The number of Topliss-reactive ketones (excluding diaryl/α,β-unsaturated/α-hetero) is 1. The lowest BCUT2D eigenvalue weighted by Crippen LogP contribution is -2.12. The number of hydrogen-bond donors (Lipinski definition) is 0. The molecule has 0 amide bonds. The molecule has 2 unspecified atom stereocenters. The average Bonchev–Trinajstić information content (AvgIpc) is 2.99. The van der Waals surface area contributed by atoms with Crippen molar-refractivity contribution in [3.8, 4) is 0 Å². The first-order valence-corrected chi connectivity index (χ1v) is 6.37. The fourth-order valence-corrected chi connectivity index (χ4v) is 3.70. The van der Waals surface area contributed by atoms with Crippen molar-refractivity contribution >= 4 is 15.6 Å². The lowest BCUT2D eigenvalue weighted by atomic mass is 10.3. The molecule has 0 aliphatic heterocycles. The van der Waals surface area contributed by atoms with E-state index in [1.807, 2.05) is 0 Å². The second kappa shape index (κ2) is 3.45. The molecule has 1 aliphatic rings. The Labute approximate surface area is 89.0 Å². The van der Waals surface area contributed by atoms with Crippen LogP contribution in [0.15, 0.2) is 35.2 Å². The van der Waals surface area contributed by atoms with Gasteiger partial charge in [0.2, 0.25) is 0 Å². The highest BCUT2D eigenvalue weighted by Crippen LogP contribution is 2.40.